The Morgan fingerprint density at radius 3 is 2.60 bits per heavy atom. The van der Waals surface area contributed by atoms with Gasteiger partial charge in [0.05, 0.1) is 46.8 Å². The normalized spacial score (nSPS) is 13.2. The van der Waals surface area contributed by atoms with Crippen LogP contribution in [0.3, 0.4) is 0 Å². The number of ether oxygens (including phenoxy) is 2. The molecule has 0 atom stereocenters. The SMILES string of the molecule is O=C(Nc1ccc(F)c(Oc2ccc3ncc(N4CCOCC4)nc3c2)c1)N(c1cccc(Cl)c1)c1ccccc1Cl. The molecular weight excluding hydrogens is 580 g/mol. The number of benzene rings is 4. The molecule has 0 spiro atoms. The Bertz CT molecular complexity index is 1770. The van der Waals surface area contributed by atoms with E-state index in [4.69, 9.17) is 37.7 Å². The monoisotopic (exact) mass is 603 g/mol. The van der Waals surface area contributed by atoms with Crippen molar-refractivity contribution in [2.24, 2.45) is 0 Å². The summed E-state index contributed by atoms with van der Waals surface area (Å²) in [5.41, 5.74) is 2.55. The van der Waals surface area contributed by atoms with E-state index in [9.17, 15) is 9.18 Å². The summed E-state index contributed by atoms with van der Waals surface area (Å²) in [6.45, 7) is 2.71. The highest BCUT2D eigenvalue weighted by Crippen LogP contribution is 2.35. The molecule has 212 valence electrons. The minimum Gasteiger partial charge on any atom is -0.454 e. The van der Waals surface area contributed by atoms with Crippen molar-refractivity contribution in [3.63, 3.8) is 0 Å². The van der Waals surface area contributed by atoms with Crippen molar-refractivity contribution in [2.75, 3.05) is 41.4 Å². The number of hydrogen-bond acceptors (Lipinski definition) is 6. The van der Waals surface area contributed by atoms with Crippen LogP contribution >= 0.6 is 23.2 Å². The van der Waals surface area contributed by atoms with E-state index in [1.807, 2.05) is 0 Å². The molecule has 1 saturated heterocycles. The number of nitrogens with one attached hydrogen (secondary N) is 1. The summed E-state index contributed by atoms with van der Waals surface area (Å²) in [5, 5.41) is 3.63. The number of hydrogen-bond donors (Lipinski definition) is 1. The summed E-state index contributed by atoms with van der Waals surface area (Å²) in [4.78, 5) is 26.3. The third kappa shape index (κ3) is 6.08. The Labute approximate surface area is 251 Å². The molecule has 5 aromatic rings. The lowest BCUT2D eigenvalue weighted by atomic mass is 10.2. The molecule has 1 aliphatic rings. The van der Waals surface area contributed by atoms with Gasteiger partial charge >= 0.3 is 6.03 Å². The van der Waals surface area contributed by atoms with Gasteiger partial charge in [-0.25, -0.2) is 14.2 Å². The van der Waals surface area contributed by atoms with Crippen molar-refractivity contribution < 1.29 is 18.7 Å². The molecular formula is C31H24Cl2FN5O3. The lowest BCUT2D eigenvalue weighted by Gasteiger charge is -2.27. The van der Waals surface area contributed by atoms with Crippen LogP contribution in [0.1, 0.15) is 0 Å². The van der Waals surface area contributed by atoms with Gasteiger partial charge in [0.2, 0.25) is 0 Å². The molecule has 1 N–H and O–H groups in total. The average molecular weight is 604 g/mol. The largest absolute Gasteiger partial charge is 0.454 e. The molecule has 0 saturated carbocycles. The first-order chi connectivity index (χ1) is 20.4. The Morgan fingerprint density at radius 2 is 1.79 bits per heavy atom. The van der Waals surface area contributed by atoms with E-state index in [-0.39, 0.29) is 5.75 Å². The number of nitrogens with zero attached hydrogens (tertiary/aromatic N) is 4. The van der Waals surface area contributed by atoms with E-state index >= 15 is 0 Å². The minimum atomic E-state index is -0.598. The lowest BCUT2D eigenvalue weighted by Crippen LogP contribution is -2.36. The van der Waals surface area contributed by atoms with E-state index in [2.05, 4.69) is 15.2 Å². The van der Waals surface area contributed by atoms with Crippen LogP contribution in [0.15, 0.2) is 91.1 Å². The average Bonchev–Trinajstić information content (AvgIpc) is 3.00. The number of morpholine rings is 1. The zero-order valence-corrected chi connectivity index (χ0v) is 23.6. The second-order valence-corrected chi connectivity index (χ2v) is 10.3. The number of anilines is 4. The van der Waals surface area contributed by atoms with Crippen molar-refractivity contribution in [3.8, 4) is 11.5 Å². The zero-order valence-electron chi connectivity index (χ0n) is 22.1. The summed E-state index contributed by atoms with van der Waals surface area (Å²) in [6.07, 6.45) is 1.73. The van der Waals surface area contributed by atoms with Gasteiger partial charge in [0.25, 0.3) is 0 Å². The van der Waals surface area contributed by atoms with Gasteiger partial charge in [-0.05, 0) is 54.6 Å². The van der Waals surface area contributed by atoms with Gasteiger partial charge in [0, 0.05) is 35.9 Å². The fourth-order valence-electron chi connectivity index (χ4n) is 4.57. The van der Waals surface area contributed by atoms with Gasteiger partial charge in [0.1, 0.15) is 11.6 Å². The molecule has 42 heavy (non-hydrogen) atoms. The van der Waals surface area contributed by atoms with E-state index in [1.54, 1.807) is 72.9 Å². The van der Waals surface area contributed by atoms with Gasteiger partial charge < -0.3 is 19.7 Å². The Balaban J connectivity index is 1.26. The number of aromatic nitrogens is 2. The third-order valence-corrected chi connectivity index (χ3v) is 7.16. The number of carbonyl (C=O) groups is 1. The third-order valence-electron chi connectivity index (χ3n) is 6.61. The van der Waals surface area contributed by atoms with Crippen LogP contribution in [0.4, 0.5) is 32.1 Å². The van der Waals surface area contributed by atoms with Crippen LogP contribution in [0, 0.1) is 5.82 Å². The molecule has 2 heterocycles. The van der Waals surface area contributed by atoms with Crippen molar-refractivity contribution in [2.45, 2.75) is 0 Å². The first-order valence-electron chi connectivity index (χ1n) is 13.1. The van der Waals surface area contributed by atoms with E-state index in [0.717, 1.165) is 18.9 Å². The summed E-state index contributed by atoms with van der Waals surface area (Å²) < 4.78 is 26.2. The van der Waals surface area contributed by atoms with Gasteiger partial charge in [-0.2, -0.15) is 0 Å². The Hall–Kier alpha value is -4.44. The molecule has 1 fully saturated rings. The molecule has 11 heteroatoms. The molecule has 2 amide bonds. The second-order valence-electron chi connectivity index (χ2n) is 9.42. The lowest BCUT2D eigenvalue weighted by molar-refractivity contribution is 0.122. The van der Waals surface area contributed by atoms with E-state index < -0.39 is 11.8 Å². The summed E-state index contributed by atoms with van der Waals surface area (Å²) in [6, 6.07) is 22.5. The van der Waals surface area contributed by atoms with Crippen LogP contribution in [-0.4, -0.2) is 42.3 Å². The minimum absolute atomic E-state index is 0.0727. The van der Waals surface area contributed by atoms with E-state index in [0.29, 0.717) is 57.1 Å². The molecule has 8 nitrogen and oxygen atoms in total. The van der Waals surface area contributed by atoms with E-state index in [1.165, 1.54) is 23.1 Å². The fourth-order valence-corrected chi connectivity index (χ4v) is 4.97. The van der Waals surface area contributed by atoms with Crippen LogP contribution < -0.4 is 19.9 Å². The van der Waals surface area contributed by atoms with Crippen LogP contribution in [-0.2, 0) is 4.74 Å². The summed E-state index contributed by atoms with van der Waals surface area (Å²) >= 11 is 12.7. The van der Waals surface area contributed by atoms with Crippen LogP contribution in [0.25, 0.3) is 11.0 Å². The number of fused-ring (bicyclic) bond motifs is 1. The molecule has 0 radical (unpaired) electrons. The number of para-hydroxylation sites is 1. The molecule has 0 unspecified atom stereocenters. The number of amides is 2. The highest BCUT2D eigenvalue weighted by atomic mass is 35.5. The topological polar surface area (TPSA) is 79.8 Å². The van der Waals surface area contributed by atoms with Gasteiger partial charge in [0.15, 0.2) is 11.6 Å². The van der Waals surface area contributed by atoms with Crippen molar-refractivity contribution in [3.05, 3.63) is 107 Å². The molecule has 1 aromatic heterocycles. The predicted octanol–water partition coefficient (Wildman–Crippen LogP) is 8.07. The number of urea groups is 1. The maximum Gasteiger partial charge on any atom is 0.330 e. The van der Waals surface area contributed by atoms with Gasteiger partial charge in [-0.15, -0.1) is 0 Å². The number of halogens is 3. The van der Waals surface area contributed by atoms with Gasteiger partial charge in [-0.1, -0.05) is 41.4 Å². The maximum absolute atomic E-state index is 14.9. The summed E-state index contributed by atoms with van der Waals surface area (Å²) in [5.74, 6) is 0.437. The Kier molecular flexibility index (Phi) is 8.05. The highest BCUT2D eigenvalue weighted by molar-refractivity contribution is 6.34. The van der Waals surface area contributed by atoms with Crippen LogP contribution in [0.5, 0.6) is 11.5 Å². The smallest absolute Gasteiger partial charge is 0.330 e. The molecule has 1 aliphatic heterocycles. The molecule has 0 aliphatic carbocycles. The molecule has 4 aromatic carbocycles. The first kappa shape index (κ1) is 27.7. The van der Waals surface area contributed by atoms with Gasteiger partial charge in [-0.3, -0.25) is 9.88 Å². The zero-order chi connectivity index (χ0) is 29.1. The first-order valence-corrected chi connectivity index (χ1v) is 13.9. The second kappa shape index (κ2) is 12.2. The fraction of sp³-hybridized carbons (Fsp3) is 0.129. The molecule has 6 rings (SSSR count). The van der Waals surface area contributed by atoms with Crippen LogP contribution in [0.2, 0.25) is 10.0 Å². The number of rotatable bonds is 6. The van der Waals surface area contributed by atoms with Crippen molar-refractivity contribution >= 4 is 63.1 Å². The Morgan fingerprint density at radius 1 is 0.952 bits per heavy atom. The predicted molar refractivity (Wildman–Crippen MR) is 163 cm³/mol. The van der Waals surface area contributed by atoms with Crippen molar-refractivity contribution in [1.82, 2.24) is 9.97 Å². The maximum atomic E-state index is 14.9. The highest BCUT2D eigenvalue weighted by Gasteiger charge is 2.22. The summed E-state index contributed by atoms with van der Waals surface area (Å²) in [7, 11) is 0. The standard InChI is InChI=1S/C31H24Cl2FN5O3/c32-20-4-3-5-22(16-20)39(28-7-2-1-6-24(28)33)31(40)36-21-8-10-25(34)29(17-21)42-23-9-11-26-27(18-23)37-30(19-35-26)38-12-14-41-15-13-38/h1-11,16-19H,12-15H2,(H,36,40). The quantitative estimate of drug-likeness (QED) is 0.211. The molecule has 0 bridgehead atoms. The number of carbonyl (C=O) groups excluding carboxylic acids is 1. The van der Waals surface area contributed by atoms with Crippen molar-refractivity contribution in [1.29, 1.82) is 0 Å².